The number of ether oxygens (including phenoxy) is 1. The van der Waals surface area contributed by atoms with E-state index in [0.29, 0.717) is 42.8 Å². The van der Waals surface area contributed by atoms with Crippen molar-refractivity contribution in [3.05, 3.63) is 85.6 Å². The number of likely N-dealkylation sites (tertiary alicyclic amines) is 1. The average Bonchev–Trinajstić information content (AvgIpc) is 3.36. The van der Waals surface area contributed by atoms with Crippen molar-refractivity contribution in [2.24, 2.45) is 0 Å². The second-order valence-corrected chi connectivity index (χ2v) is 8.52. The van der Waals surface area contributed by atoms with Gasteiger partial charge in [-0.15, -0.1) is 0 Å². The van der Waals surface area contributed by atoms with Crippen molar-refractivity contribution in [1.29, 1.82) is 0 Å². The first-order chi connectivity index (χ1) is 18.6. The number of nitrogens with zero attached hydrogens (tertiary/aromatic N) is 3. The minimum atomic E-state index is -4.72. The van der Waals surface area contributed by atoms with E-state index in [9.17, 15) is 22.8 Å². The van der Waals surface area contributed by atoms with Gasteiger partial charge < -0.3 is 25.6 Å². The number of hydrogen-bond donors (Lipinski definition) is 3. The number of alkyl halides is 3. The number of benzene rings is 2. The monoisotopic (exact) mass is 538 g/mol. The van der Waals surface area contributed by atoms with Crippen LogP contribution in [0.5, 0.6) is 5.75 Å². The molecular formula is C27H25F3N6O3. The van der Waals surface area contributed by atoms with Crippen LogP contribution in [0.1, 0.15) is 12.0 Å². The summed E-state index contributed by atoms with van der Waals surface area (Å²) >= 11 is 0. The zero-order valence-electron chi connectivity index (χ0n) is 20.7. The predicted octanol–water partition coefficient (Wildman–Crippen LogP) is 5.27. The van der Waals surface area contributed by atoms with Gasteiger partial charge in [-0.3, -0.25) is 9.59 Å². The molecule has 1 saturated heterocycles. The Hall–Kier alpha value is -4.87. The predicted molar refractivity (Wildman–Crippen MR) is 141 cm³/mol. The maximum Gasteiger partial charge on any atom is 0.421 e. The molecule has 12 heteroatoms. The maximum atomic E-state index is 13.7. The summed E-state index contributed by atoms with van der Waals surface area (Å²) in [4.78, 5) is 32.9. The lowest BCUT2D eigenvalue weighted by Crippen LogP contribution is -2.29. The summed E-state index contributed by atoms with van der Waals surface area (Å²) in [6.45, 7) is 7.86. The smallest absolute Gasteiger partial charge is 0.421 e. The minimum Gasteiger partial charge on any atom is -0.488 e. The molecule has 1 aliphatic heterocycles. The number of aromatic nitrogens is 2. The third-order valence-corrected chi connectivity index (χ3v) is 5.70. The van der Waals surface area contributed by atoms with Crippen LogP contribution in [0.2, 0.25) is 0 Å². The van der Waals surface area contributed by atoms with Gasteiger partial charge in [0.1, 0.15) is 23.2 Å². The van der Waals surface area contributed by atoms with Crippen molar-refractivity contribution >= 4 is 40.6 Å². The van der Waals surface area contributed by atoms with Crippen LogP contribution in [0.25, 0.3) is 0 Å². The van der Waals surface area contributed by atoms with Crippen LogP contribution in [-0.2, 0) is 15.8 Å². The van der Waals surface area contributed by atoms with Crippen LogP contribution in [0.3, 0.4) is 0 Å². The highest BCUT2D eigenvalue weighted by Gasteiger charge is 2.35. The third kappa shape index (κ3) is 7.12. The van der Waals surface area contributed by atoms with Gasteiger partial charge in [-0.25, -0.2) is 4.98 Å². The number of carbonyl (C=O) groups is 2. The molecule has 0 unspecified atom stereocenters. The molecule has 0 spiro atoms. The van der Waals surface area contributed by atoms with Gasteiger partial charge in [-0.05, 0) is 42.5 Å². The molecule has 39 heavy (non-hydrogen) atoms. The van der Waals surface area contributed by atoms with Gasteiger partial charge in [-0.2, -0.15) is 18.2 Å². The Bertz CT molecular complexity index is 1400. The van der Waals surface area contributed by atoms with E-state index in [1.54, 1.807) is 41.3 Å². The van der Waals surface area contributed by atoms with Crippen molar-refractivity contribution in [1.82, 2.24) is 14.9 Å². The molecular weight excluding hydrogens is 513 g/mol. The molecule has 0 radical (unpaired) electrons. The van der Waals surface area contributed by atoms with Gasteiger partial charge in [0.05, 0.1) is 6.54 Å². The molecule has 4 rings (SSSR count). The minimum absolute atomic E-state index is 0.0811. The van der Waals surface area contributed by atoms with Crippen LogP contribution >= 0.6 is 0 Å². The molecule has 0 aliphatic carbocycles. The lowest BCUT2D eigenvalue weighted by molar-refractivity contribution is -0.137. The number of hydrogen-bond acceptors (Lipinski definition) is 7. The SMILES string of the molecule is C=CC(=O)Nc1cccc(Nc2nc(Nc3cccc(O[C@@H]4CCN(C(=O)C=C)C4)c3)ncc2C(F)(F)F)c1. The van der Waals surface area contributed by atoms with Crippen molar-refractivity contribution in [2.45, 2.75) is 18.7 Å². The Labute approximate surface area is 222 Å². The van der Waals surface area contributed by atoms with Gasteiger partial charge >= 0.3 is 6.18 Å². The number of anilines is 5. The molecule has 3 N–H and O–H groups in total. The van der Waals surface area contributed by atoms with Gasteiger partial charge in [0.25, 0.3) is 0 Å². The fourth-order valence-corrected chi connectivity index (χ4v) is 3.87. The first-order valence-corrected chi connectivity index (χ1v) is 11.8. The normalized spacial score (nSPS) is 14.8. The largest absolute Gasteiger partial charge is 0.488 e. The summed E-state index contributed by atoms with van der Waals surface area (Å²) < 4.78 is 47.1. The molecule has 2 amide bonds. The molecule has 2 heterocycles. The highest BCUT2D eigenvalue weighted by atomic mass is 19.4. The first-order valence-electron chi connectivity index (χ1n) is 11.8. The number of rotatable bonds is 9. The van der Waals surface area contributed by atoms with E-state index < -0.39 is 23.5 Å². The zero-order chi connectivity index (χ0) is 28.0. The van der Waals surface area contributed by atoms with E-state index in [2.05, 4.69) is 39.1 Å². The molecule has 0 saturated carbocycles. The van der Waals surface area contributed by atoms with E-state index in [4.69, 9.17) is 4.74 Å². The van der Waals surface area contributed by atoms with Crippen molar-refractivity contribution in [2.75, 3.05) is 29.0 Å². The molecule has 9 nitrogen and oxygen atoms in total. The van der Waals surface area contributed by atoms with Crippen molar-refractivity contribution in [3.8, 4) is 5.75 Å². The summed E-state index contributed by atoms with van der Waals surface area (Å²) in [7, 11) is 0. The van der Waals surface area contributed by atoms with E-state index in [-0.39, 0.29) is 23.6 Å². The summed E-state index contributed by atoms with van der Waals surface area (Å²) in [5.74, 6) is -0.659. The zero-order valence-corrected chi connectivity index (χ0v) is 20.7. The molecule has 3 aromatic rings. The van der Waals surface area contributed by atoms with Gasteiger partial charge in [0.2, 0.25) is 17.8 Å². The Morgan fingerprint density at radius 3 is 2.46 bits per heavy atom. The van der Waals surface area contributed by atoms with E-state index in [1.165, 1.54) is 18.2 Å². The molecule has 1 aliphatic rings. The van der Waals surface area contributed by atoms with Crippen LogP contribution in [0.15, 0.2) is 80.0 Å². The molecule has 1 fully saturated rings. The number of halogens is 3. The second kappa shape index (κ2) is 11.7. The summed E-state index contributed by atoms with van der Waals surface area (Å²) in [5, 5.41) is 8.11. The lowest BCUT2D eigenvalue weighted by atomic mass is 10.2. The van der Waals surface area contributed by atoms with Crippen molar-refractivity contribution < 1.29 is 27.5 Å². The molecule has 0 bridgehead atoms. The van der Waals surface area contributed by atoms with Gasteiger partial charge in [0, 0.05) is 42.3 Å². The summed E-state index contributed by atoms with van der Waals surface area (Å²) in [5.41, 5.74) is 0.0553. The molecule has 202 valence electrons. The topological polar surface area (TPSA) is 108 Å². The van der Waals surface area contributed by atoms with Crippen LogP contribution in [0, 0.1) is 0 Å². The number of carbonyl (C=O) groups excluding carboxylic acids is 2. The summed E-state index contributed by atoms with van der Waals surface area (Å²) in [6, 6.07) is 13.0. The van der Waals surface area contributed by atoms with Gasteiger partial charge in [-0.1, -0.05) is 25.3 Å². The highest BCUT2D eigenvalue weighted by Crippen LogP contribution is 2.36. The first kappa shape index (κ1) is 27.2. The van der Waals surface area contributed by atoms with E-state index in [0.717, 1.165) is 6.08 Å². The number of amides is 2. The number of nitrogens with one attached hydrogen (secondary N) is 3. The summed E-state index contributed by atoms with van der Waals surface area (Å²) in [6.07, 6.45) is -1.23. The quantitative estimate of drug-likeness (QED) is 0.319. The fourth-order valence-electron chi connectivity index (χ4n) is 3.87. The Balaban J connectivity index is 1.51. The van der Waals surface area contributed by atoms with E-state index >= 15 is 0 Å². The lowest BCUT2D eigenvalue weighted by Gasteiger charge is -2.17. The second-order valence-electron chi connectivity index (χ2n) is 8.52. The Kier molecular flexibility index (Phi) is 8.13. The average molecular weight is 539 g/mol. The van der Waals surface area contributed by atoms with Crippen LogP contribution in [0.4, 0.5) is 42.0 Å². The Morgan fingerprint density at radius 1 is 1.03 bits per heavy atom. The van der Waals surface area contributed by atoms with Crippen LogP contribution in [-0.4, -0.2) is 45.9 Å². The highest BCUT2D eigenvalue weighted by molar-refractivity contribution is 5.99. The molecule has 1 atom stereocenters. The Morgan fingerprint density at radius 2 is 1.74 bits per heavy atom. The maximum absolute atomic E-state index is 13.7. The standard InChI is InChI=1S/C27H25F3N6O3/c1-3-23(37)32-17-7-5-8-18(13-17)33-25-22(27(28,29)30)15-31-26(35-25)34-19-9-6-10-20(14-19)39-21-11-12-36(16-21)24(38)4-2/h3-10,13-15,21H,1-2,11-12,16H2,(H,32,37)(H2,31,33,34,35)/t21-/m1/s1. The van der Waals surface area contributed by atoms with E-state index in [1.807, 2.05) is 0 Å². The molecule has 2 aromatic carbocycles. The van der Waals surface area contributed by atoms with Crippen LogP contribution < -0.4 is 20.7 Å². The van der Waals surface area contributed by atoms with Crippen molar-refractivity contribution in [3.63, 3.8) is 0 Å². The molecule has 1 aromatic heterocycles. The third-order valence-electron chi connectivity index (χ3n) is 5.70. The van der Waals surface area contributed by atoms with Gasteiger partial charge in [0.15, 0.2) is 0 Å². The fraction of sp³-hybridized carbons (Fsp3) is 0.185.